The molecule has 3 rings (SSSR count). The molecule has 2 aromatic rings. The average molecular weight is 258 g/mol. The van der Waals surface area contributed by atoms with E-state index in [0.29, 0.717) is 0 Å². The molecule has 0 radical (unpaired) electrons. The van der Waals surface area contributed by atoms with Gasteiger partial charge in [-0.15, -0.1) is 5.10 Å². The molecular weight excluding hydrogens is 236 g/mol. The summed E-state index contributed by atoms with van der Waals surface area (Å²) in [5, 5.41) is 7.85. The van der Waals surface area contributed by atoms with E-state index in [1.165, 1.54) is 38.5 Å². The Kier molecular flexibility index (Phi) is 3.67. The third-order valence-electron chi connectivity index (χ3n) is 4.11. The summed E-state index contributed by atoms with van der Waals surface area (Å²) in [5.41, 5.74) is 2.03. The van der Waals surface area contributed by atoms with Crippen LogP contribution in [-0.4, -0.2) is 21.1 Å². The van der Waals surface area contributed by atoms with Crippen LogP contribution >= 0.6 is 0 Å². The van der Waals surface area contributed by atoms with Gasteiger partial charge in [0.1, 0.15) is 0 Å². The van der Waals surface area contributed by atoms with Crippen LogP contribution in [0, 0.1) is 12.8 Å². The van der Waals surface area contributed by atoms with Gasteiger partial charge in [-0.2, -0.15) is 4.98 Å². The number of fused-ring (bicyclic) bond motifs is 1. The van der Waals surface area contributed by atoms with E-state index in [0.717, 1.165) is 29.8 Å². The Morgan fingerprint density at radius 3 is 2.89 bits per heavy atom. The fourth-order valence-corrected chi connectivity index (χ4v) is 2.97. The van der Waals surface area contributed by atoms with E-state index in [-0.39, 0.29) is 0 Å². The molecule has 0 bridgehead atoms. The quantitative estimate of drug-likeness (QED) is 0.913. The molecular formula is C15H22N4. The van der Waals surface area contributed by atoms with E-state index in [4.69, 9.17) is 0 Å². The van der Waals surface area contributed by atoms with Crippen molar-refractivity contribution < 1.29 is 0 Å². The lowest BCUT2D eigenvalue weighted by atomic mass is 9.87. The summed E-state index contributed by atoms with van der Waals surface area (Å²) >= 11 is 0. The van der Waals surface area contributed by atoms with Crippen molar-refractivity contribution in [3.8, 4) is 0 Å². The van der Waals surface area contributed by atoms with Crippen LogP contribution < -0.4 is 5.32 Å². The zero-order valence-electron chi connectivity index (χ0n) is 11.6. The van der Waals surface area contributed by atoms with Crippen molar-refractivity contribution in [2.75, 3.05) is 11.9 Å². The summed E-state index contributed by atoms with van der Waals surface area (Å²) in [7, 11) is 0. The first-order valence-electron chi connectivity index (χ1n) is 7.39. The van der Waals surface area contributed by atoms with Crippen molar-refractivity contribution in [3.05, 3.63) is 23.9 Å². The molecule has 4 heteroatoms. The van der Waals surface area contributed by atoms with Gasteiger partial charge in [-0.05, 0) is 31.4 Å². The molecule has 0 spiro atoms. The van der Waals surface area contributed by atoms with Gasteiger partial charge in [0.25, 0.3) is 0 Å². The summed E-state index contributed by atoms with van der Waals surface area (Å²) in [6, 6.07) is 6.06. The summed E-state index contributed by atoms with van der Waals surface area (Å²) < 4.78 is 1.89. The topological polar surface area (TPSA) is 42.2 Å². The average Bonchev–Trinajstić information content (AvgIpc) is 2.84. The largest absolute Gasteiger partial charge is 0.353 e. The smallest absolute Gasteiger partial charge is 0.243 e. The maximum Gasteiger partial charge on any atom is 0.243 e. The van der Waals surface area contributed by atoms with Crippen molar-refractivity contribution in [2.24, 2.45) is 5.92 Å². The third-order valence-corrected chi connectivity index (χ3v) is 4.11. The predicted molar refractivity (Wildman–Crippen MR) is 77.4 cm³/mol. The lowest BCUT2D eigenvalue weighted by Crippen LogP contribution is -2.12. The Hall–Kier alpha value is -1.58. The van der Waals surface area contributed by atoms with Crippen molar-refractivity contribution in [1.29, 1.82) is 0 Å². The maximum absolute atomic E-state index is 4.50. The van der Waals surface area contributed by atoms with E-state index in [1.807, 2.05) is 29.6 Å². The molecule has 0 amide bonds. The maximum atomic E-state index is 4.50. The van der Waals surface area contributed by atoms with E-state index in [2.05, 4.69) is 15.4 Å². The molecule has 0 atom stereocenters. The lowest BCUT2D eigenvalue weighted by Gasteiger charge is -2.21. The Labute approximate surface area is 114 Å². The molecule has 1 aliphatic rings. The van der Waals surface area contributed by atoms with Crippen LogP contribution in [-0.2, 0) is 0 Å². The summed E-state index contributed by atoms with van der Waals surface area (Å²) in [6.45, 7) is 3.04. The Morgan fingerprint density at radius 2 is 2.11 bits per heavy atom. The lowest BCUT2D eigenvalue weighted by molar-refractivity contribution is 0.345. The number of pyridine rings is 1. The van der Waals surface area contributed by atoms with Gasteiger partial charge in [0.05, 0.1) is 0 Å². The first kappa shape index (κ1) is 12.5. The number of hydrogen-bond donors (Lipinski definition) is 1. The SMILES string of the molecule is Cc1cccc2nc(NCCC3CCCCC3)nn12. The second-order valence-electron chi connectivity index (χ2n) is 5.59. The molecule has 2 aromatic heterocycles. The van der Waals surface area contributed by atoms with Gasteiger partial charge >= 0.3 is 0 Å². The minimum Gasteiger partial charge on any atom is -0.353 e. The number of anilines is 1. The molecule has 4 nitrogen and oxygen atoms in total. The van der Waals surface area contributed by atoms with Crippen LogP contribution in [0.2, 0.25) is 0 Å². The standard InChI is InChI=1S/C15H22N4/c1-12-6-5-9-14-17-15(18-19(12)14)16-11-10-13-7-3-2-4-8-13/h5-6,9,13H,2-4,7-8,10-11H2,1H3,(H,16,18). The molecule has 1 saturated carbocycles. The molecule has 0 unspecified atom stereocenters. The monoisotopic (exact) mass is 258 g/mol. The molecule has 0 aromatic carbocycles. The van der Waals surface area contributed by atoms with Crippen LogP contribution in [0.15, 0.2) is 18.2 Å². The zero-order valence-corrected chi connectivity index (χ0v) is 11.6. The van der Waals surface area contributed by atoms with E-state index in [9.17, 15) is 0 Å². The van der Waals surface area contributed by atoms with Gasteiger partial charge in [-0.1, -0.05) is 38.2 Å². The van der Waals surface area contributed by atoms with Crippen LogP contribution in [0.1, 0.15) is 44.2 Å². The molecule has 1 aliphatic carbocycles. The van der Waals surface area contributed by atoms with E-state index >= 15 is 0 Å². The van der Waals surface area contributed by atoms with Crippen LogP contribution in [0.3, 0.4) is 0 Å². The van der Waals surface area contributed by atoms with Gasteiger partial charge in [0, 0.05) is 12.2 Å². The highest BCUT2D eigenvalue weighted by Gasteiger charge is 2.13. The molecule has 0 aliphatic heterocycles. The minimum absolute atomic E-state index is 0.755. The number of aryl methyl sites for hydroxylation is 1. The van der Waals surface area contributed by atoms with Gasteiger partial charge in [0.15, 0.2) is 5.65 Å². The predicted octanol–water partition coefficient (Wildman–Crippen LogP) is 3.42. The Balaban J connectivity index is 1.57. The highest BCUT2D eigenvalue weighted by Crippen LogP contribution is 2.26. The van der Waals surface area contributed by atoms with Crippen molar-refractivity contribution >= 4 is 11.6 Å². The first-order valence-corrected chi connectivity index (χ1v) is 7.39. The number of hydrogen-bond acceptors (Lipinski definition) is 3. The molecule has 1 fully saturated rings. The molecule has 19 heavy (non-hydrogen) atoms. The van der Waals surface area contributed by atoms with Crippen molar-refractivity contribution in [1.82, 2.24) is 14.6 Å². The Morgan fingerprint density at radius 1 is 1.26 bits per heavy atom. The van der Waals surface area contributed by atoms with Crippen LogP contribution in [0.5, 0.6) is 0 Å². The number of nitrogens with zero attached hydrogens (tertiary/aromatic N) is 3. The summed E-state index contributed by atoms with van der Waals surface area (Å²) in [6.07, 6.45) is 8.30. The molecule has 1 N–H and O–H groups in total. The van der Waals surface area contributed by atoms with Crippen LogP contribution in [0.4, 0.5) is 5.95 Å². The minimum atomic E-state index is 0.755. The second kappa shape index (κ2) is 5.59. The van der Waals surface area contributed by atoms with E-state index < -0.39 is 0 Å². The third kappa shape index (κ3) is 2.88. The molecule has 102 valence electrons. The normalized spacial score (nSPS) is 16.9. The summed E-state index contributed by atoms with van der Waals surface area (Å²) in [5.74, 6) is 1.66. The van der Waals surface area contributed by atoms with Crippen molar-refractivity contribution in [3.63, 3.8) is 0 Å². The van der Waals surface area contributed by atoms with Gasteiger partial charge in [-0.3, -0.25) is 0 Å². The molecule has 2 heterocycles. The highest BCUT2D eigenvalue weighted by molar-refractivity contribution is 5.44. The van der Waals surface area contributed by atoms with Gasteiger partial charge in [0.2, 0.25) is 5.95 Å². The number of aromatic nitrogens is 3. The fourth-order valence-electron chi connectivity index (χ4n) is 2.97. The fraction of sp³-hybridized carbons (Fsp3) is 0.600. The summed E-state index contributed by atoms with van der Waals surface area (Å²) in [4.78, 5) is 4.50. The first-order chi connectivity index (χ1) is 9.33. The second-order valence-corrected chi connectivity index (χ2v) is 5.59. The van der Waals surface area contributed by atoms with Gasteiger partial charge < -0.3 is 5.32 Å². The zero-order chi connectivity index (χ0) is 13.1. The van der Waals surface area contributed by atoms with Gasteiger partial charge in [-0.25, -0.2) is 4.52 Å². The number of nitrogens with one attached hydrogen (secondary N) is 1. The van der Waals surface area contributed by atoms with E-state index in [1.54, 1.807) is 0 Å². The Bertz CT molecular complexity index is 540. The van der Waals surface area contributed by atoms with Crippen LogP contribution in [0.25, 0.3) is 5.65 Å². The van der Waals surface area contributed by atoms with Crippen molar-refractivity contribution in [2.45, 2.75) is 45.4 Å². The molecule has 0 saturated heterocycles. The number of rotatable bonds is 4. The highest BCUT2D eigenvalue weighted by atomic mass is 15.3.